The van der Waals surface area contributed by atoms with Crippen molar-refractivity contribution in [3.63, 3.8) is 0 Å². The average molecular weight is 381 g/mol. The molecule has 0 radical (unpaired) electrons. The molecule has 0 aliphatic carbocycles. The van der Waals surface area contributed by atoms with E-state index < -0.39 is 0 Å². The van der Waals surface area contributed by atoms with E-state index in [0.717, 1.165) is 9.99 Å². The minimum Gasteiger partial charge on any atom is -0.330 e. The van der Waals surface area contributed by atoms with Crippen LogP contribution in [0.1, 0.15) is 20.3 Å². The van der Waals surface area contributed by atoms with E-state index in [4.69, 9.17) is 17.3 Å². The second-order valence-electron chi connectivity index (χ2n) is 4.68. The van der Waals surface area contributed by atoms with Crippen molar-refractivity contribution in [3.05, 3.63) is 26.8 Å². The van der Waals surface area contributed by atoms with Crippen LogP contribution in [0.3, 0.4) is 0 Å². The molecule has 1 amide bonds. The number of carbonyl (C=O) groups is 1. The van der Waals surface area contributed by atoms with Gasteiger partial charge < -0.3 is 11.1 Å². The van der Waals surface area contributed by atoms with Crippen molar-refractivity contribution in [1.29, 1.82) is 0 Å². The van der Waals surface area contributed by atoms with Crippen molar-refractivity contribution in [1.82, 2.24) is 0 Å². The van der Waals surface area contributed by atoms with E-state index in [2.05, 4.69) is 41.8 Å². The molecule has 1 aromatic rings. The number of carbonyl (C=O) groups excluding carboxylic acids is 1. The van der Waals surface area contributed by atoms with E-state index >= 15 is 0 Å². The van der Waals surface area contributed by atoms with E-state index in [-0.39, 0.29) is 11.8 Å². The van der Waals surface area contributed by atoms with Gasteiger partial charge in [0.25, 0.3) is 0 Å². The maximum Gasteiger partial charge on any atom is 0.228 e. The molecule has 1 atom stereocenters. The van der Waals surface area contributed by atoms with Gasteiger partial charge in [0.2, 0.25) is 5.91 Å². The first-order valence-electron chi connectivity index (χ1n) is 5.90. The summed E-state index contributed by atoms with van der Waals surface area (Å²) >= 11 is 8.25. The molecular weight excluding hydrogens is 363 g/mol. The fourth-order valence-corrected chi connectivity index (χ4v) is 2.61. The van der Waals surface area contributed by atoms with Crippen molar-refractivity contribution in [2.24, 2.45) is 17.6 Å². The summed E-state index contributed by atoms with van der Waals surface area (Å²) in [5, 5.41) is 3.39. The lowest BCUT2D eigenvalue weighted by Crippen LogP contribution is -2.30. The summed E-state index contributed by atoms with van der Waals surface area (Å²) in [5.74, 6) is 0.214. The Morgan fingerprint density at radius 3 is 2.67 bits per heavy atom. The molecule has 1 rings (SSSR count). The Balaban J connectivity index is 2.73. The van der Waals surface area contributed by atoms with Gasteiger partial charge >= 0.3 is 0 Å². The van der Waals surface area contributed by atoms with Crippen molar-refractivity contribution in [2.75, 3.05) is 11.9 Å². The van der Waals surface area contributed by atoms with Crippen LogP contribution in [0.5, 0.6) is 0 Å². The summed E-state index contributed by atoms with van der Waals surface area (Å²) in [6.45, 7) is 4.51. The molecule has 100 valence electrons. The first-order valence-corrected chi connectivity index (χ1v) is 7.35. The Hall–Kier alpha value is -0.330. The van der Waals surface area contributed by atoms with Crippen LogP contribution >= 0.6 is 34.2 Å². The second-order valence-corrected chi connectivity index (χ2v) is 6.33. The van der Waals surface area contributed by atoms with Gasteiger partial charge in [-0.05, 0) is 53.1 Å². The number of amides is 1. The van der Waals surface area contributed by atoms with Crippen LogP contribution in [0.15, 0.2) is 18.2 Å². The molecular formula is C13H18ClIN2O. The lowest BCUT2D eigenvalue weighted by atomic mass is 9.96. The molecule has 1 aromatic carbocycles. The van der Waals surface area contributed by atoms with Crippen LogP contribution in [0.2, 0.25) is 5.02 Å². The van der Waals surface area contributed by atoms with Gasteiger partial charge in [-0.3, -0.25) is 4.79 Å². The number of hydrogen-bond donors (Lipinski definition) is 2. The highest BCUT2D eigenvalue weighted by Crippen LogP contribution is 2.24. The maximum absolute atomic E-state index is 12.1. The van der Waals surface area contributed by atoms with Crippen molar-refractivity contribution in [3.8, 4) is 0 Å². The molecule has 3 nitrogen and oxygen atoms in total. The van der Waals surface area contributed by atoms with Gasteiger partial charge in [0.1, 0.15) is 0 Å². The van der Waals surface area contributed by atoms with E-state index in [9.17, 15) is 4.79 Å². The van der Waals surface area contributed by atoms with Gasteiger partial charge in [-0.25, -0.2) is 0 Å². The normalized spacial score (nSPS) is 12.6. The molecule has 0 fully saturated rings. The van der Waals surface area contributed by atoms with Crippen LogP contribution < -0.4 is 11.1 Å². The number of anilines is 1. The van der Waals surface area contributed by atoms with Crippen LogP contribution in [0.4, 0.5) is 5.69 Å². The van der Waals surface area contributed by atoms with Crippen LogP contribution in [0.25, 0.3) is 0 Å². The summed E-state index contributed by atoms with van der Waals surface area (Å²) in [4.78, 5) is 12.1. The maximum atomic E-state index is 12.1. The summed E-state index contributed by atoms with van der Waals surface area (Å²) in [6.07, 6.45) is 0.782. The Labute approximate surface area is 127 Å². The van der Waals surface area contributed by atoms with Crippen LogP contribution in [-0.2, 0) is 4.79 Å². The Morgan fingerprint density at radius 2 is 2.17 bits per heavy atom. The van der Waals surface area contributed by atoms with E-state index in [1.54, 1.807) is 0 Å². The third-order valence-corrected chi connectivity index (χ3v) is 3.58. The quantitative estimate of drug-likeness (QED) is 0.768. The number of nitrogens with one attached hydrogen (secondary N) is 1. The molecule has 0 spiro atoms. The molecule has 3 N–H and O–H groups in total. The molecule has 0 saturated carbocycles. The molecule has 0 heterocycles. The minimum absolute atomic E-state index is 0.0608. The van der Waals surface area contributed by atoms with Crippen LogP contribution in [-0.4, -0.2) is 12.5 Å². The number of halogens is 2. The largest absolute Gasteiger partial charge is 0.330 e. The highest BCUT2D eigenvalue weighted by molar-refractivity contribution is 14.1. The van der Waals surface area contributed by atoms with Gasteiger partial charge in [0, 0.05) is 10.1 Å². The van der Waals surface area contributed by atoms with E-state index in [1.165, 1.54) is 0 Å². The Kier molecular flexibility index (Phi) is 6.38. The number of benzene rings is 1. The van der Waals surface area contributed by atoms with E-state index in [1.807, 2.05) is 18.2 Å². The standard InChI is InChI=1S/C13H18ClIN2O/c1-8(2)5-9(7-16)13(18)17-12-4-3-10(15)6-11(12)14/h3-4,6,8-9H,5,7,16H2,1-2H3,(H,17,18). The number of nitrogens with two attached hydrogens (primary N) is 1. The van der Waals surface area contributed by atoms with Gasteiger partial charge in [-0.2, -0.15) is 0 Å². The molecule has 0 saturated heterocycles. The minimum atomic E-state index is -0.166. The van der Waals surface area contributed by atoms with Crippen molar-refractivity contribution < 1.29 is 4.79 Å². The molecule has 1 unspecified atom stereocenters. The fourth-order valence-electron chi connectivity index (χ4n) is 1.70. The predicted molar refractivity (Wildman–Crippen MR) is 84.8 cm³/mol. The zero-order valence-corrected chi connectivity index (χ0v) is 13.5. The Morgan fingerprint density at radius 1 is 1.50 bits per heavy atom. The van der Waals surface area contributed by atoms with Crippen molar-refractivity contribution in [2.45, 2.75) is 20.3 Å². The SMILES string of the molecule is CC(C)CC(CN)C(=O)Nc1ccc(I)cc1Cl. The molecule has 0 aliphatic heterocycles. The van der Waals surface area contributed by atoms with Gasteiger partial charge in [0.15, 0.2) is 0 Å². The lowest BCUT2D eigenvalue weighted by Gasteiger charge is -2.17. The van der Waals surface area contributed by atoms with Crippen molar-refractivity contribution >= 4 is 45.8 Å². The van der Waals surface area contributed by atoms with Gasteiger partial charge in [-0.1, -0.05) is 25.4 Å². The third kappa shape index (κ3) is 4.74. The highest BCUT2D eigenvalue weighted by atomic mass is 127. The van der Waals surface area contributed by atoms with E-state index in [0.29, 0.717) is 23.2 Å². The summed E-state index contributed by atoms with van der Waals surface area (Å²) in [5.41, 5.74) is 6.29. The average Bonchev–Trinajstić information content (AvgIpc) is 2.29. The molecule has 5 heteroatoms. The zero-order valence-electron chi connectivity index (χ0n) is 10.5. The van der Waals surface area contributed by atoms with Gasteiger partial charge in [-0.15, -0.1) is 0 Å². The zero-order chi connectivity index (χ0) is 13.7. The first kappa shape index (κ1) is 15.7. The first-order chi connectivity index (χ1) is 8.43. The molecule has 0 bridgehead atoms. The smallest absolute Gasteiger partial charge is 0.228 e. The summed E-state index contributed by atoms with van der Waals surface area (Å²) < 4.78 is 1.04. The number of hydrogen-bond acceptors (Lipinski definition) is 2. The topological polar surface area (TPSA) is 55.1 Å². The molecule has 18 heavy (non-hydrogen) atoms. The lowest BCUT2D eigenvalue weighted by molar-refractivity contribution is -0.120. The summed E-state index contributed by atoms with van der Waals surface area (Å²) in [7, 11) is 0. The number of rotatable bonds is 5. The molecule has 0 aliphatic rings. The highest BCUT2D eigenvalue weighted by Gasteiger charge is 2.19. The predicted octanol–water partition coefficient (Wildman–Crippen LogP) is 3.50. The Bertz CT molecular complexity index is 423. The monoisotopic (exact) mass is 380 g/mol. The van der Waals surface area contributed by atoms with Crippen LogP contribution in [0, 0.1) is 15.4 Å². The van der Waals surface area contributed by atoms with Gasteiger partial charge in [0.05, 0.1) is 16.6 Å². The fraction of sp³-hybridized carbons (Fsp3) is 0.462. The molecule has 0 aromatic heterocycles. The third-order valence-electron chi connectivity index (χ3n) is 2.60. The summed E-state index contributed by atoms with van der Waals surface area (Å²) in [6, 6.07) is 5.53. The second kappa shape index (κ2) is 7.31.